The molecule has 0 saturated heterocycles. The number of carbonyl (C=O) groups is 1. The number of nitrogen functional groups attached to an aromatic ring is 1. The number of hydrogen-bond donors (Lipinski definition) is 2. The summed E-state index contributed by atoms with van der Waals surface area (Å²) in [4.78, 5) is 12.0. The van der Waals surface area contributed by atoms with Gasteiger partial charge in [-0.25, -0.2) is 4.39 Å². The summed E-state index contributed by atoms with van der Waals surface area (Å²) in [6, 6.07) is 10.2. The highest BCUT2D eigenvalue weighted by molar-refractivity contribution is 6.33. The van der Waals surface area contributed by atoms with Gasteiger partial charge in [-0.05, 0) is 49.4 Å². The van der Waals surface area contributed by atoms with E-state index in [1.807, 2.05) is 0 Å². The van der Waals surface area contributed by atoms with Crippen LogP contribution < -0.4 is 15.8 Å². The monoisotopic (exact) mass is 308 g/mol. The Morgan fingerprint density at radius 3 is 2.57 bits per heavy atom. The van der Waals surface area contributed by atoms with Gasteiger partial charge in [-0.3, -0.25) is 4.79 Å². The molecule has 21 heavy (non-hydrogen) atoms. The standard InChI is InChI=1S/C15H14ClFN2O2/c1-9(21-12-5-2-10(17)3-6-12)15(20)19-11-4-7-13(16)14(18)8-11/h2-9H,18H2,1H3,(H,19,20). The fourth-order valence-electron chi connectivity index (χ4n) is 1.64. The Bertz CT molecular complexity index is 647. The fourth-order valence-corrected chi connectivity index (χ4v) is 1.75. The van der Waals surface area contributed by atoms with E-state index < -0.39 is 6.10 Å². The molecular weight excluding hydrogens is 295 g/mol. The lowest BCUT2D eigenvalue weighted by molar-refractivity contribution is -0.122. The van der Waals surface area contributed by atoms with Crippen LogP contribution in [0.4, 0.5) is 15.8 Å². The zero-order valence-electron chi connectivity index (χ0n) is 11.3. The summed E-state index contributed by atoms with van der Waals surface area (Å²) >= 11 is 5.81. The largest absolute Gasteiger partial charge is 0.481 e. The summed E-state index contributed by atoms with van der Waals surface area (Å²) in [5, 5.41) is 3.08. The number of ether oxygens (including phenoxy) is 1. The van der Waals surface area contributed by atoms with Crippen molar-refractivity contribution in [1.82, 2.24) is 0 Å². The van der Waals surface area contributed by atoms with Crippen LogP contribution in [0.3, 0.4) is 0 Å². The number of nitrogens with one attached hydrogen (secondary N) is 1. The van der Waals surface area contributed by atoms with Crippen molar-refractivity contribution in [2.45, 2.75) is 13.0 Å². The first-order valence-electron chi connectivity index (χ1n) is 6.24. The Kier molecular flexibility index (Phi) is 4.65. The Labute approximate surface area is 126 Å². The summed E-state index contributed by atoms with van der Waals surface area (Å²) in [5.41, 5.74) is 6.56. The highest BCUT2D eigenvalue weighted by atomic mass is 35.5. The normalized spacial score (nSPS) is 11.8. The molecule has 2 rings (SSSR count). The van der Waals surface area contributed by atoms with Gasteiger partial charge in [-0.15, -0.1) is 0 Å². The van der Waals surface area contributed by atoms with Gasteiger partial charge in [0.1, 0.15) is 11.6 Å². The molecular formula is C15H14ClFN2O2. The lowest BCUT2D eigenvalue weighted by Crippen LogP contribution is -2.30. The molecule has 0 aromatic heterocycles. The Morgan fingerprint density at radius 1 is 1.29 bits per heavy atom. The van der Waals surface area contributed by atoms with Gasteiger partial charge in [0.05, 0.1) is 10.7 Å². The molecule has 0 aliphatic heterocycles. The number of rotatable bonds is 4. The summed E-state index contributed by atoms with van der Waals surface area (Å²) in [6.07, 6.45) is -0.743. The Balaban J connectivity index is 1.98. The predicted molar refractivity (Wildman–Crippen MR) is 81.0 cm³/mol. The fraction of sp³-hybridized carbons (Fsp3) is 0.133. The predicted octanol–water partition coefficient (Wildman–Crippen LogP) is 3.47. The molecule has 0 heterocycles. The average Bonchev–Trinajstić information content (AvgIpc) is 2.45. The molecule has 6 heteroatoms. The molecule has 2 aromatic carbocycles. The van der Waals surface area contributed by atoms with Crippen LogP contribution in [0.5, 0.6) is 5.75 Å². The van der Waals surface area contributed by atoms with Crippen LogP contribution in [0.1, 0.15) is 6.92 Å². The van der Waals surface area contributed by atoms with Crippen LogP contribution in [0.15, 0.2) is 42.5 Å². The van der Waals surface area contributed by atoms with Crippen molar-refractivity contribution in [3.05, 3.63) is 53.3 Å². The second-order valence-electron chi connectivity index (χ2n) is 4.44. The van der Waals surface area contributed by atoms with Crippen molar-refractivity contribution >= 4 is 28.9 Å². The Morgan fingerprint density at radius 2 is 1.95 bits per heavy atom. The number of hydrogen-bond acceptors (Lipinski definition) is 3. The number of carbonyl (C=O) groups excluding carboxylic acids is 1. The van der Waals surface area contributed by atoms with Gasteiger partial charge in [0.15, 0.2) is 6.10 Å². The molecule has 0 radical (unpaired) electrons. The molecule has 0 fully saturated rings. The van der Waals surface area contributed by atoms with Crippen LogP contribution >= 0.6 is 11.6 Å². The molecule has 2 aromatic rings. The SMILES string of the molecule is CC(Oc1ccc(F)cc1)C(=O)Nc1ccc(Cl)c(N)c1. The maximum atomic E-state index is 12.8. The van der Waals surface area contributed by atoms with Crippen molar-refractivity contribution in [3.63, 3.8) is 0 Å². The first-order valence-corrected chi connectivity index (χ1v) is 6.61. The van der Waals surface area contributed by atoms with E-state index in [2.05, 4.69) is 5.32 Å². The van der Waals surface area contributed by atoms with Gasteiger partial charge in [0.25, 0.3) is 5.91 Å². The molecule has 0 saturated carbocycles. The van der Waals surface area contributed by atoms with E-state index in [1.54, 1.807) is 25.1 Å². The Hall–Kier alpha value is -2.27. The minimum absolute atomic E-state index is 0.346. The second kappa shape index (κ2) is 6.45. The molecule has 4 nitrogen and oxygen atoms in total. The first-order chi connectivity index (χ1) is 9.95. The number of benzene rings is 2. The second-order valence-corrected chi connectivity index (χ2v) is 4.85. The molecule has 1 atom stereocenters. The molecule has 0 bridgehead atoms. The average molecular weight is 309 g/mol. The van der Waals surface area contributed by atoms with E-state index in [9.17, 15) is 9.18 Å². The van der Waals surface area contributed by atoms with Gasteiger partial charge in [0, 0.05) is 5.69 Å². The number of anilines is 2. The minimum Gasteiger partial charge on any atom is -0.481 e. The smallest absolute Gasteiger partial charge is 0.265 e. The molecule has 3 N–H and O–H groups in total. The lowest BCUT2D eigenvalue weighted by Gasteiger charge is -2.15. The highest BCUT2D eigenvalue weighted by Gasteiger charge is 2.15. The molecule has 1 amide bonds. The van der Waals surface area contributed by atoms with Gasteiger partial charge in [-0.2, -0.15) is 0 Å². The first kappa shape index (κ1) is 15.1. The lowest BCUT2D eigenvalue weighted by atomic mass is 10.2. The van der Waals surface area contributed by atoms with Crippen molar-refractivity contribution in [3.8, 4) is 5.75 Å². The van der Waals surface area contributed by atoms with Crippen LogP contribution in [0.25, 0.3) is 0 Å². The molecule has 0 spiro atoms. The molecule has 110 valence electrons. The zero-order chi connectivity index (χ0) is 15.4. The third-order valence-electron chi connectivity index (χ3n) is 2.76. The van der Waals surface area contributed by atoms with Crippen LogP contribution in [0, 0.1) is 5.82 Å². The van der Waals surface area contributed by atoms with E-state index in [0.29, 0.717) is 22.1 Å². The molecule has 0 aliphatic rings. The maximum Gasteiger partial charge on any atom is 0.265 e. The zero-order valence-corrected chi connectivity index (χ0v) is 12.0. The third kappa shape index (κ3) is 4.10. The van der Waals surface area contributed by atoms with E-state index in [-0.39, 0.29) is 11.7 Å². The molecule has 0 aliphatic carbocycles. The quantitative estimate of drug-likeness (QED) is 0.850. The van der Waals surface area contributed by atoms with E-state index >= 15 is 0 Å². The third-order valence-corrected chi connectivity index (χ3v) is 3.10. The van der Waals surface area contributed by atoms with E-state index in [1.165, 1.54) is 24.3 Å². The minimum atomic E-state index is -0.743. The summed E-state index contributed by atoms with van der Waals surface area (Å²) in [6.45, 7) is 1.60. The van der Waals surface area contributed by atoms with Crippen molar-refractivity contribution in [2.24, 2.45) is 0 Å². The number of halogens is 2. The van der Waals surface area contributed by atoms with Gasteiger partial charge >= 0.3 is 0 Å². The summed E-state index contributed by atoms with van der Waals surface area (Å²) in [7, 11) is 0. The summed E-state index contributed by atoms with van der Waals surface area (Å²) in [5.74, 6) is -0.299. The number of nitrogens with two attached hydrogens (primary N) is 1. The van der Waals surface area contributed by atoms with Crippen LogP contribution in [-0.4, -0.2) is 12.0 Å². The van der Waals surface area contributed by atoms with Crippen molar-refractivity contribution < 1.29 is 13.9 Å². The summed E-state index contributed by atoms with van der Waals surface area (Å²) < 4.78 is 18.2. The van der Waals surface area contributed by atoms with Gasteiger partial charge < -0.3 is 15.8 Å². The van der Waals surface area contributed by atoms with Crippen molar-refractivity contribution in [2.75, 3.05) is 11.1 Å². The topological polar surface area (TPSA) is 64.3 Å². The maximum absolute atomic E-state index is 12.8. The highest BCUT2D eigenvalue weighted by Crippen LogP contribution is 2.22. The van der Waals surface area contributed by atoms with Crippen LogP contribution in [-0.2, 0) is 4.79 Å². The van der Waals surface area contributed by atoms with Crippen molar-refractivity contribution in [1.29, 1.82) is 0 Å². The van der Waals surface area contributed by atoms with Gasteiger partial charge in [-0.1, -0.05) is 11.6 Å². The van der Waals surface area contributed by atoms with E-state index in [0.717, 1.165) is 0 Å². The van der Waals surface area contributed by atoms with E-state index in [4.69, 9.17) is 22.1 Å². The van der Waals surface area contributed by atoms with Gasteiger partial charge in [0.2, 0.25) is 0 Å². The molecule has 1 unspecified atom stereocenters. The van der Waals surface area contributed by atoms with Crippen LogP contribution in [0.2, 0.25) is 5.02 Å². The number of amides is 1.